The summed E-state index contributed by atoms with van der Waals surface area (Å²) in [6, 6.07) is 5.67. The second kappa shape index (κ2) is 2.77. The van der Waals surface area contributed by atoms with Crippen molar-refractivity contribution in [3.8, 4) is 0 Å². The minimum Gasteiger partial charge on any atom is -0.380 e. The van der Waals surface area contributed by atoms with Gasteiger partial charge in [0.1, 0.15) is 5.82 Å². The van der Waals surface area contributed by atoms with Crippen molar-refractivity contribution in [1.29, 1.82) is 0 Å². The van der Waals surface area contributed by atoms with Gasteiger partial charge in [0.05, 0.1) is 5.69 Å². The molecule has 0 saturated heterocycles. The van der Waals surface area contributed by atoms with E-state index < -0.39 is 0 Å². The molecule has 0 radical (unpaired) electrons. The average Bonchev–Trinajstić information content (AvgIpc) is 2.81. The summed E-state index contributed by atoms with van der Waals surface area (Å²) in [4.78, 5) is 0. The molecule has 0 spiro atoms. The molecule has 0 bridgehead atoms. The Morgan fingerprint density at radius 2 is 2.17 bits per heavy atom. The summed E-state index contributed by atoms with van der Waals surface area (Å²) >= 11 is 0. The maximum atomic E-state index is 13.1. The van der Waals surface area contributed by atoms with Gasteiger partial charge in [0.2, 0.25) is 0 Å². The largest absolute Gasteiger partial charge is 0.380 e. The SMILES string of the molecule is Cc1ccc(F)c(NC2CC2)c1. The van der Waals surface area contributed by atoms with Gasteiger partial charge in [-0.25, -0.2) is 4.39 Å². The van der Waals surface area contributed by atoms with Crippen LogP contribution >= 0.6 is 0 Å². The van der Waals surface area contributed by atoms with Gasteiger partial charge in [0.15, 0.2) is 0 Å². The Kier molecular flexibility index (Phi) is 1.75. The topological polar surface area (TPSA) is 12.0 Å². The number of anilines is 1. The van der Waals surface area contributed by atoms with E-state index in [1.54, 1.807) is 6.07 Å². The molecular formula is C10H12FN. The smallest absolute Gasteiger partial charge is 0.146 e. The van der Waals surface area contributed by atoms with Gasteiger partial charge >= 0.3 is 0 Å². The van der Waals surface area contributed by atoms with E-state index >= 15 is 0 Å². The summed E-state index contributed by atoms with van der Waals surface area (Å²) in [5.74, 6) is -0.146. The molecule has 1 saturated carbocycles. The summed E-state index contributed by atoms with van der Waals surface area (Å²) < 4.78 is 13.1. The molecule has 0 atom stereocenters. The third kappa shape index (κ3) is 1.58. The predicted octanol–water partition coefficient (Wildman–Crippen LogP) is 2.71. The summed E-state index contributed by atoms with van der Waals surface area (Å²) in [6.07, 6.45) is 2.35. The van der Waals surface area contributed by atoms with Crippen molar-refractivity contribution in [2.24, 2.45) is 0 Å². The third-order valence-electron chi connectivity index (χ3n) is 2.06. The Morgan fingerprint density at radius 3 is 2.83 bits per heavy atom. The quantitative estimate of drug-likeness (QED) is 0.710. The van der Waals surface area contributed by atoms with E-state index in [0.29, 0.717) is 11.7 Å². The molecule has 0 aromatic heterocycles. The predicted molar refractivity (Wildman–Crippen MR) is 47.8 cm³/mol. The number of halogens is 1. The fourth-order valence-electron chi connectivity index (χ4n) is 1.20. The van der Waals surface area contributed by atoms with Crippen LogP contribution in [0.15, 0.2) is 18.2 Å². The normalized spacial score (nSPS) is 16.2. The van der Waals surface area contributed by atoms with Crippen molar-refractivity contribution in [3.05, 3.63) is 29.6 Å². The lowest BCUT2D eigenvalue weighted by atomic mass is 10.2. The molecule has 1 fully saturated rings. The van der Waals surface area contributed by atoms with E-state index in [4.69, 9.17) is 0 Å². The summed E-state index contributed by atoms with van der Waals surface area (Å²) in [7, 11) is 0. The fraction of sp³-hybridized carbons (Fsp3) is 0.400. The Morgan fingerprint density at radius 1 is 1.42 bits per heavy atom. The van der Waals surface area contributed by atoms with E-state index in [1.165, 1.54) is 18.9 Å². The van der Waals surface area contributed by atoms with Gasteiger partial charge in [-0.05, 0) is 37.5 Å². The molecule has 1 aliphatic rings. The fourth-order valence-corrected chi connectivity index (χ4v) is 1.20. The minimum atomic E-state index is -0.146. The van der Waals surface area contributed by atoms with E-state index in [-0.39, 0.29) is 5.82 Å². The molecule has 0 amide bonds. The molecule has 1 aromatic rings. The highest BCUT2D eigenvalue weighted by molar-refractivity contribution is 5.48. The maximum Gasteiger partial charge on any atom is 0.146 e. The number of nitrogens with one attached hydrogen (secondary N) is 1. The van der Waals surface area contributed by atoms with Crippen LogP contribution in [0.2, 0.25) is 0 Å². The van der Waals surface area contributed by atoms with E-state index in [9.17, 15) is 4.39 Å². The molecule has 2 heteroatoms. The summed E-state index contributed by atoms with van der Waals surface area (Å²) in [6.45, 7) is 1.97. The highest BCUT2D eigenvalue weighted by atomic mass is 19.1. The maximum absolute atomic E-state index is 13.1. The van der Waals surface area contributed by atoms with E-state index in [2.05, 4.69) is 5.32 Å². The zero-order valence-electron chi connectivity index (χ0n) is 7.10. The van der Waals surface area contributed by atoms with E-state index in [0.717, 1.165) is 5.56 Å². The first-order chi connectivity index (χ1) is 5.75. The lowest BCUT2D eigenvalue weighted by Gasteiger charge is -2.06. The summed E-state index contributed by atoms with van der Waals surface area (Å²) in [5.41, 5.74) is 1.75. The molecule has 1 N–H and O–H groups in total. The van der Waals surface area contributed by atoms with Crippen LogP contribution in [0.3, 0.4) is 0 Å². The molecule has 0 heterocycles. The molecule has 1 aromatic carbocycles. The lowest BCUT2D eigenvalue weighted by Crippen LogP contribution is -2.02. The van der Waals surface area contributed by atoms with Crippen molar-refractivity contribution in [1.82, 2.24) is 0 Å². The lowest BCUT2D eigenvalue weighted by molar-refractivity contribution is 0.629. The van der Waals surface area contributed by atoms with Gasteiger partial charge in [-0.1, -0.05) is 6.07 Å². The molecule has 0 aliphatic heterocycles. The Bertz CT molecular complexity index is 292. The van der Waals surface area contributed by atoms with Crippen LogP contribution in [0.4, 0.5) is 10.1 Å². The second-order valence-corrected chi connectivity index (χ2v) is 3.40. The first-order valence-electron chi connectivity index (χ1n) is 4.28. The number of rotatable bonds is 2. The number of aryl methyl sites for hydroxylation is 1. The third-order valence-corrected chi connectivity index (χ3v) is 2.06. The van der Waals surface area contributed by atoms with Gasteiger partial charge in [0, 0.05) is 6.04 Å². The second-order valence-electron chi connectivity index (χ2n) is 3.40. The Balaban J connectivity index is 2.21. The van der Waals surface area contributed by atoms with Crippen LogP contribution in [0.25, 0.3) is 0 Å². The minimum absolute atomic E-state index is 0.146. The van der Waals surface area contributed by atoms with Gasteiger partial charge in [0.25, 0.3) is 0 Å². The zero-order chi connectivity index (χ0) is 8.55. The van der Waals surface area contributed by atoms with Crippen molar-refractivity contribution >= 4 is 5.69 Å². The van der Waals surface area contributed by atoms with Gasteiger partial charge < -0.3 is 5.32 Å². The van der Waals surface area contributed by atoms with Crippen LogP contribution in [0, 0.1) is 12.7 Å². The van der Waals surface area contributed by atoms with Crippen LogP contribution in [0.5, 0.6) is 0 Å². The molecule has 12 heavy (non-hydrogen) atoms. The first-order valence-corrected chi connectivity index (χ1v) is 4.28. The van der Waals surface area contributed by atoms with Gasteiger partial charge in [-0.3, -0.25) is 0 Å². The number of hydrogen-bond acceptors (Lipinski definition) is 1. The molecule has 0 unspecified atom stereocenters. The zero-order valence-corrected chi connectivity index (χ0v) is 7.10. The standard InChI is InChI=1S/C10H12FN/c1-7-2-5-9(11)10(6-7)12-8-3-4-8/h2,5-6,8,12H,3-4H2,1H3. The summed E-state index contributed by atoms with van der Waals surface area (Å²) in [5, 5.41) is 3.15. The monoisotopic (exact) mass is 165 g/mol. The van der Waals surface area contributed by atoms with Crippen molar-refractivity contribution < 1.29 is 4.39 Å². The van der Waals surface area contributed by atoms with Crippen LogP contribution in [0.1, 0.15) is 18.4 Å². The first kappa shape index (κ1) is 7.59. The van der Waals surface area contributed by atoms with Gasteiger partial charge in [-0.2, -0.15) is 0 Å². The molecule has 1 aliphatic carbocycles. The molecule has 64 valence electrons. The highest BCUT2D eigenvalue weighted by Crippen LogP contribution is 2.26. The molecule has 1 nitrogen and oxygen atoms in total. The van der Waals surface area contributed by atoms with E-state index in [1.807, 2.05) is 13.0 Å². The van der Waals surface area contributed by atoms with Crippen molar-refractivity contribution in [3.63, 3.8) is 0 Å². The van der Waals surface area contributed by atoms with Crippen LogP contribution in [-0.4, -0.2) is 6.04 Å². The average molecular weight is 165 g/mol. The number of hydrogen-bond donors (Lipinski definition) is 1. The highest BCUT2D eigenvalue weighted by Gasteiger charge is 2.21. The number of benzene rings is 1. The van der Waals surface area contributed by atoms with Crippen LogP contribution in [-0.2, 0) is 0 Å². The Hall–Kier alpha value is -1.05. The molecule has 2 rings (SSSR count). The van der Waals surface area contributed by atoms with Gasteiger partial charge in [-0.15, -0.1) is 0 Å². The van der Waals surface area contributed by atoms with Crippen LogP contribution < -0.4 is 5.32 Å². The van der Waals surface area contributed by atoms with Crippen molar-refractivity contribution in [2.75, 3.05) is 5.32 Å². The van der Waals surface area contributed by atoms with Crippen molar-refractivity contribution in [2.45, 2.75) is 25.8 Å². The molecular weight excluding hydrogens is 153 g/mol. The Labute approximate surface area is 71.6 Å².